The van der Waals surface area contributed by atoms with E-state index >= 15 is 0 Å². The summed E-state index contributed by atoms with van der Waals surface area (Å²) >= 11 is 1.26. The number of carboxylic acid groups (broad SMARTS) is 1. The van der Waals surface area contributed by atoms with Crippen molar-refractivity contribution < 1.29 is 28.9 Å². The van der Waals surface area contributed by atoms with Gasteiger partial charge in [0, 0.05) is 21.2 Å². The fraction of sp³-hybridized carbons (Fsp3) is 0.0400. The van der Waals surface area contributed by atoms with E-state index in [-0.39, 0.29) is 11.5 Å². The molecule has 0 spiro atoms. The summed E-state index contributed by atoms with van der Waals surface area (Å²) in [5, 5.41) is 19.4. The predicted molar refractivity (Wildman–Crippen MR) is 121 cm³/mol. The molecule has 0 fully saturated rings. The van der Waals surface area contributed by atoms with Crippen molar-refractivity contribution in [3.63, 3.8) is 0 Å². The first-order valence-electron chi connectivity index (χ1n) is 9.56. The maximum absolute atomic E-state index is 13.6. The Labute approximate surface area is 186 Å². The lowest BCUT2D eigenvalue weighted by Gasteiger charge is -2.08. The third-order valence-corrected chi connectivity index (χ3v) is 6.02. The molecular weight excluding hydrogens is 431 g/mol. The molecule has 160 valence electrons. The Balaban J connectivity index is 1.81. The number of aliphatic carboxylic acids is 1. The summed E-state index contributed by atoms with van der Waals surface area (Å²) in [5.74, 6) is -1.23. The Morgan fingerprint density at radius 3 is 2.47 bits per heavy atom. The van der Waals surface area contributed by atoms with Crippen molar-refractivity contribution >= 4 is 33.2 Å². The van der Waals surface area contributed by atoms with E-state index in [9.17, 15) is 19.1 Å². The van der Waals surface area contributed by atoms with Crippen molar-refractivity contribution in [1.29, 1.82) is 0 Å². The second-order valence-corrected chi connectivity index (χ2v) is 8.11. The molecule has 7 heteroatoms. The molecule has 2 N–H and O–H groups in total. The highest BCUT2D eigenvalue weighted by Gasteiger charge is 2.22. The van der Waals surface area contributed by atoms with Gasteiger partial charge in [0.15, 0.2) is 0 Å². The normalized spacial score (nSPS) is 11.2. The van der Waals surface area contributed by atoms with Crippen LogP contribution in [0.15, 0.2) is 73.0 Å². The van der Waals surface area contributed by atoms with Crippen LogP contribution in [0.1, 0.15) is 20.8 Å². The van der Waals surface area contributed by atoms with E-state index in [0.29, 0.717) is 27.3 Å². The summed E-state index contributed by atoms with van der Waals surface area (Å²) in [6, 6.07) is 15.9. The second kappa shape index (κ2) is 8.64. The number of ketones is 1. The summed E-state index contributed by atoms with van der Waals surface area (Å²) in [6.07, 6.45) is 1.96. The predicted octanol–water partition coefficient (Wildman–Crippen LogP) is 5.93. The number of phenols is 1. The van der Waals surface area contributed by atoms with Gasteiger partial charge in [0.1, 0.15) is 17.3 Å². The Hall–Kier alpha value is -3.97. The molecule has 32 heavy (non-hydrogen) atoms. The van der Waals surface area contributed by atoms with Crippen LogP contribution < -0.4 is 4.74 Å². The van der Waals surface area contributed by atoms with Gasteiger partial charge in [0.2, 0.25) is 5.78 Å². The maximum Gasteiger partial charge on any atom is 0.331 e. The van der Waals surface area contributed by atoms with Gasteiger partial charge < -0.3 is 14.9 Å². The minimum Gasteiger partial charge on any atom is -0.508 e. The smallest absolute Gasteiger partial charge is 0.331 e. The van der Waals surface area contributed by atoms with E-state index in [0.717, 1.165) is 28.0 Å². The van der Waals surface area contributed by atoms with Gasteiger partial charge in [-0.05, 0) is 66.6 Å². The third-order valence-electron chi connectivity index (χ3n) is 4.87. The first-order chi connectivity index (χ1) is 15.3. The zero-order valence-electron chi connectivity index (χ0n) is 16.8. The number of aromatic hydroxyl groups is 1. The van der Waals surface area contributed by atoms with E-state index in [1.807, 2.05) is 0 Å². The van der Waals surface area contributed by atoms with Crippen LogP contribution in [-0.2, 0) is 4.79 Å². The van der Waals surface area contributed by atoms with Crippen LogP contribution in [0.2, 0.25) is 0 Å². The van der Waals surface area contributed by atoms with Crippen LogP contribution in [0.25, 0.3) is 21.2 Å². The monoisotopic (exact) mass is 448 g/mol. The number of carbonyl (C=O) groups is 2. The van der Waals surface area contributed by atoms with Crippen LogP contribution in [0.3, 0.4) is 0 Å². The minimum absolute atomic E-state index is 0.0937. The molecule has 0 aliphatic heterocycles. The summed E-state index contributed by atoms with van der Waals surface area (Å²) in [6.45, 7) is 1.69. The first-order valence-corrected chi connectivity index (χ1v) is 10.4. The fourth-order valence-corrected chi connectivity index (χ4v) is 4.62. The van der Waals surface area contributed by atoms with E-state index in [1.54, 1.807) is 49.4 Å². The zero-order valence-corrected chi connectivity index (χ0v) is 17.7. The van der Waals surface area contributed by atoms with E-state index in [2.05, 4.69) is 0 Å². The number of hydrogen-bond donors (Lipinski definition) is 2. The van der Waals surface area contributed by atoms with Crippen LogP contribution in [-0.4, -0.2) is 22.0 Å². The van der Waals surface area contributed by atoms with Gasteiger partial charge in [0.25, 0.3) is 0 Å². The molecule has 0 radical (unpaired) electrons. The van der Waals surface area contributed by atoms with Crippen LogP contribution in [0.4, 0.5) is 4.39 Å². The number of thiophene rings is 1. The number of aryl methyl sites for hydroxylation is 1. The van der Waals surface area contributed by atoms with Crippen LogP contribution in [0, 0.1) is 12.7 Å². The number of fused-ring (bicyclic) bond motifs is 1. The van der Waals surface area contributed by atoms with Crippen molar-refractivity contribution in [3.8, 4) is 22.6 Å². The quantitative estimate of drug-likeness (QED) is 0.217. The highest BCUT2D eigenvalue weighted by molar-refractivity contribution is 7.21. The van der Waals surface area contributed by atoms with Gasteiger partial charge in [-0.25, -0.2) is 9.18 Å². The third kappa shape index (κ3) is 4.24. The molecule has 1 heterocycles. The molecule has 5 nitrogen and oxygen atoms in total. The van der Waals surface area contributed by atoms with Crippen molar-refractivity contribution in [2.45, 2.75) is 6.92 Å². The van der Waals surface area contributed by atoms with Crippen molar-refractivity contribution in [2.75, 3.05) is 0 Å². The summed E-state index contributed by atoms with van der Waals surface area (Å²) < 4.78 is 19.6. The fourth-order valence-electron chi connectivity index (χ4n) is 3.41. The molecule has 0 unspecified atom stereocenters. The van der Waals surface area contributed by atoms with Gasteiger partial charge in [-0.2, -0.15) is 0 Å². The number of hydrogen-bond acceptors (Lipinski definition) is 5. The standard InChI is InChI=1S/C25H17FO5S/c1-14-12-16(26)4-8-19(14)24(30)25-23(20-9-5-17(27)13-21(20)32-25)15-2-6-18(7-3-15)31-11-10-22(28)29/h2-13,27H,1H3,(H,28,29)/b11-10+. The van der Waals surface area contributed by atoms with Crippen molar-refractivity contribution in [2.24, 2.45) is 0 Å². The molecular formula is C25H17FO5S. The van der Waals surface area contributed by atoms with Gasteiger partial charge >= 0.3 is 5.97 Å². The molecule has 4 aromatic rings. The maximum atomic E-state index is 13.6. The number of benzene rings is 3. The molecule has 0 saturated carbocycles. The molecule has 0 amide bonds. The summed E-state index contributed by atoms with van der Waals surface area (Å²) in [7, 11) is 0. The number of halogens is 1. The van der Waals surface area contributed by atoms with Crippen molar-refractivity contribution in [3.05, 3.63) is 94.8 Å². The number of carboxylic acids is 1. The molecule has 1 aromatic heterocycles. The van der Waals surface area contributed by atoms with Crippen molar-refractivity contribution in [1.82, 2.24) is 0 Å². The Bertz CT molecular complexity index is 1370. The van der Waals surface area contributed by atoms with Gasteiger partial charge in [-0.1, -0.05) is 12.1 Å². The number of phenolic OH excluding ortho intramolecular Hbond substituents is 1. The van der Waals surface area contributed by atoms with Gasteiger partial charge in [0.05, 0.1) is 17.2 Å². The molecule has 0 bridgehead atoms. The topological polar surface area (TPSA) is 83.8 Å². The molecule has 0 aliphatic carbocycles. The highest BCUT2D eigenvalue weighted by atomic mass is 32.1. The number of carbonyl (C=O) groups excluding carboxylic acids is 1. The highest BCUT2D eigenvalue weighted by Crippen LogP contribution is 2.41. The first kappa shape index (κ1) is 21.3. The summed E-state index contributed by atoms with van der Waals surface area (Å²) in [5.41, 5.74) is 2.39. The average molecular weight is 448 g/mol. The second-order valence-electron chi connectivity index (χ2n) is 7.06. The van der Waals surface area contributed by atoms with E-state index < -0.39 is 11.8 Å². The van der Waals surface area contributed by atoms with Gasteiger partial charge in [-0.15, -0.1) is 11.3 Å². The average Bonchev–Trinajstić information content (AvgIpc) is 3.12. The summed E-state index contributed by atoms with van der Waals surface area (Å²) in [4.78, 5) is 24.5. The Kier molecular flexibility index (Phi) is 5.75. The van der Waals surface area contributed by atoms with Gasteiger partial charge in [-0.3, -0.25) is 4.79 Å². The van der Waals surface area contributed by atoms with E-state index in [4.69, 9.17) is 9.84 Å². The molecule has 0 aliphatic rings. The van der Waals surface area contributed by atoms with Crippen LogP contribution >= 0.6 is 11.3 Å². The minimum atomic E-state index is -1.12. The SMILES string of the molecule is Cc1cc(F)ccc1C(=O)c1sc2cc(O)ccc2c1-c1ccc(O/C=C/C(=O)O)cc1. The molecule has 0 atom stereocenters. The lowest BCUT2D eigenvalue weighted by Crippen LogP contribution is -2.03. The lowest BCUT2D eigenvalue weighted by molar-refractivity contribution is -0.131. The van der Waals surface area contributed by atoms with Crippen LogP contribution in [0.5, 0.6) is 11.5 Å². The molecule has 0 saturated heterocycles. The number of ether oxygens (including phenoxy) is 1. The Morgan fingerprint density at radius 2 is 1.78 bits per heavy atom. The number of rotatable bonds is 6. The van der Waals surface area contributed by atoms with E-state index in [1.165, 1.54) is 29.5 Å². The zero-order chi connectivity index (χ0) is 22.8. The molecule has 3 aromatic carbocycles. The largest absolute Gasteiger partial charge is 0.508 e. The Morgan fingerprint density at radius 1 is 1.03 bits per heavy atom. The molecule has 4 rings (SSSR count). The lowest BCUT2D eigenvalue weighted by atomic mass is 9.96.